The summed E-state index contributed by atoms with van der Waals surface area (Å²) in [6.07, 6.45) is 0.940. The summed E-state index contributed by atoms with van der Waals surface area (Å²) in [5.74, 6) is -0.724. The van der Waals surface area contributed by atoms with Crippen LogP contribution in [0.3, 0.4) is 0 Å². The highest BCUT2D eigenvalue weighted by atomic mass is 32.2. The predicted octanol–water partition coefficient (Wildman–Crippen LogP) is 2.99. The Morgan fingerprint density at radius 2 is 1.70 bits per heavy atom. The molecule has 1 N–H and O–H groups in total. The SMILES string of the molecule is CC[C@@H](C(=O)Nc1cc([N+](=O)[O-])ccc1C)N(c1cccc([N+](=O)[O-])c1)S(C)(=O)=O. The van der Waals surface area contributed by atoms with Gasteiger partial charge in [-0.15, -0.1) is 0 Å². The van der Waals surface area contributed by atoms with Crippen LogP contribution in [-0.2, 0) is 14.8 Å². The van der Waals surface area contributed by atoms with Gasteiger partial charge in [-0.1, -0.05) is 19.1 Å². The van der Waals surface area contributed by atoms with Crippen molar-refractivity contribution < 1.29 is 23.1 Å². The number of hydrogen-bond acceptors (Lipinski definition) is 7. The standard InChI is InChI=1S/C18H20N4O7S/c1-4-17(18(23)19-16-11-15(22(26)27)9-8-12(16)2)20(30(3,28)29)13-6-5-7-14(10-13)21(24)25/h5-11,17H,4H2,1-3H3,(H,19,23)/t17-/m0/s1. The van der Waals surface area contributed by atoms with E-state index in [1.165, 1.54) is 36.4 Å². The van der Waals surface area contributed by atoms with Crippen LogP contribution in [0.2, 0.25) is 0 Å². The number of benzene rings is 2. The highest BCUT2D eigenvalue weighted by molar-refractivity contribution is 7.92. The van der Waals surface area contributed by atoms with Gasteiger partial charge in [0.15, 0.2) is 0 Å². The van der Waals surface area contributed by atoms with Crippen molar-refractivity contribution in [1.82, 2.24) is 0 Å². The number of non-ortho nitro benzene ring substituents is 2. The molecule has 160 valence electrons. The second-order valence-electron chi connectivity index (χ2n) is 6.51. The van der Waals surface area contributed by atoms with Crippen molar-refractivity contribution in [2.45, 2.75) is 26.3 Å². The van der Waals surface area contributed by atoms with Crippen LogP contribution in [0.4, 0.5) is 22.7 Å². The van der Waals surface area contributed by atoms with Crippen LogP contribution in [-0.4, -0.2) is 36.5 Å². The Balaban J connectivity index is 2.47. The first-order valence-electron chi connectivity index (χ1n) is 8.75. The smallest absolute Gasteiger partial charge is 0.271 e. The van der Waals surface area contributed by atoms with Gasteiger partial charge in [0.25, 0.3) is 11.4 Å². The molecule has 0 aliphatic heterocycles. The molecule has 0 aromatic heterocycles. The van der Waals surface area contributed by atoms with Crippen molar-refractivity contribution in [3.05, 3.63) is 68.3 Å². The molecule has 0 radical (unpaired) electrons. The van der Waals surface area contributed by atoms with Gasteiger partial charge in [-0.05, 0) is 25.0 Å². The van der Waals surface area contributed by atoms with Gasteiger partial charge in [0.1, 0.15) is 6.04 Å². The van der Waals surface area contributed by atoms with Gasteiger partial charge in [0.2, 0.25) is 15.9 Å². The number of carbonyl (C=O) groups excluding carboxylic acids is 1. The Labute approximate surface area is 172 Å². The Morgan fingerprint density at radius 3 is 2.23 bits per heavy atom. The molecule has 1 atom stereocenters. The first kappa shape index (κ1) is 22.7. The van der Waals surface area contributed by atoms with E-state index in [9.17, 15) is 33.4 Å². The fourth-order valence-electron chi connectivity index (χ4n) is 2.88. The largest absolute Gasteiger partial charge is 0.324 e. The second kappa shape index (κ2) is 8.86. The van der Waals surface area contributed by atoms with Crippen molar-refractivity contribution in [1.29, 1.82) is 0 Å². The number of amides is 1. The molecule has 1 amide bonds. The Morgan fingerprint density at radius 1 is 1.10 bits per heavy atom. The maximum Gasteiger partial charge on any atom is 0.271 e. The summed E-state index contributed by atoms with van der Waals surface area (Å²) in [5.41, 5.74) is 0.114. The van der Waals surface area contributed by atoms with Gasteiger partial charge in [0, 0.05) is 24.3 Å². The zero-order valence-corrected chi connectivity index (χ0v) is 17.3. The predicted molar refractivity (Wildman–Crippen MR) is 111 cm³/mol. The molecule has 30 heavy (non-hydrogen) atoms. The van der Waals surface area contributed by atoms with Crippen LogP contribution in [0.25, 0.3) is 0 Å². The van der Waals surface area contributed by atoms with Crippen LogP contribution >= 0.6 is 0 Å². The highest BCUT2D eigenvalue weighted by Gasteiger charge is 2.32. The lowest BCUT2D eigenvalue weighted by Gasteiger charge is -2.30. The third-order valence-electron chi connectivity index (χ3n) is 4.31. The zero-order valence-electron chi connectivity index (χ0n) is 16.4. The number of aryl methyl sites for hydroxylation is 1. The van der Waals surface area contributed by atoms with E-state index < -0.39 is 31.8 Å². The van der Waals surface area contributed by atoms with Crippen molar-refractivity contribution in [2.24, 2.45) is 0 Å². The molecule has 0 aliphatic rings. The summed E-state index contributed by atoms with van der Waals surface area (Å²) < 4.78 is 25.7. The summed E-state index contributed by atoms with van der Waals surface area (Å²) in [7, 11) is -4.00. The van der Waals surface area contributed by atoms with E-state index in [1.807, 2.05) is 0 Å². The summed E-state index contributed by atoms with van der Waals surface area (Å²) in [5, 5.41) is 24.6. The lowest BCUT2D eigenvalue weighted by molar-refractivity contribution is -0.385. The van der Waals surface area contributed by atoms with Crippen molar-refractivity contribution in [2.75, 3.05) is 15.9 Å². The maximum absolute atomic E-state index is 12.9. The zero-order chi connectivity index (χ0) is 22.6. The van der Waals surface area contributed by atoms with E-state index in [4.69, 9.17) is 0 Å². The molecule has 2 aromatic carbocycles. The minimum atomic E-state index is -4.00. The number of nitro benzene ring substituents is 2. The number of nitrogens with one attached hydrogen (secondary N) is 1. The van der Waals surface area contributed by atoms with Crippen LogP contribution in [0.1, 0.15) is 18.9 Å². The summed E-state index contributed by atoms with van der Waals surface area (Å²) in [6.45, 7) is 3.22. The lowest BCUT2D eigenvalue weighted by atomic mass is 10.1. The molecule has 12 heteroatoms. The van der Waals surface area contributed by atoms with Crippen LogP contribution in [0.5, 0.6) is 0 Å². The molecule has 0 bridgehead atoms. The van der Waals surface area contributed by atoms with Gasteiger partial charge in [-0.25, -0.2) is 8.42 Å². The molecule has 0 saturated heterocycles. The normalized spacial score (nSPS) is 12.1. The van der Waals surface area contributed by atoms with Gasteiger partial charge >= 0.3 is 0 Å². The fourth-order valence-corrected chi connectivity index (χ4v) is 4.08. The number of nitro groups is 2. The fraction of sp³-hybridized carbons (Fsp3) is 0.278. The minimum Gasteiger partial charge on any atom is -0.324 e. The van der Waals surface area contributed by atoms with E-state index in [0.717, 1.165) is 16.6 Å². The third-order valence-corrected chi connectivity index (χ3v) is 5.49. The molecular weight excluding hydrogens is 416 g/mol. The Bertz CT molecular complexity index is 1100. The topological polar surface area (TPSA) is 153 Å². The second-order valence-corrected chi connectivity index (χ2v) is 8.36. The molecule has 0 aliphatic carbocycles. The van der Waals surface area contributed by atoms with Gasteiger partial charge in [-0.3, -0.25) is 29.3 Å². The van der Waals surface area contributed by atoms with Crippen molar-refractivity contribution in [3.8, 4) is 0 Å². The van der Waals surface area contributed by atoms with Gasteiger partial charge < -0.3 is 5.32 Å². The average molecular weight is 436 g/mol. The lowest BCUT2D eigenvalue weighted by Crippen LogP contribution is -2.47. The molecule has 0 spiro atoms. The number of hydrogen-bond donors (Lipinski definition) is 1. The quantitative estimate of drug-likeness (QED) is 0.493. The summed E-state index contributed by atoms with van der Waals surface area (Å²) >= 11 is 0. The maximum atomic E-state index is 12.9. The molecule has 11 nitrogen and oxygen atoms in total. The Hall–Kier alpha value is -3.54. The molecule has 0 fully saturated rings. The molecule has 2 rings (SSSR count). The minimum absolute atomic E-state index is 0.0375. The Kier molecular flexibility index (Phi) is 6.72. The summed E-state index contributed by atoms with van der Waals surface area (Å²) in [4.78, 5) is 33.7. The number of sulfonamides is 1. The van der Waals surface area contributed by atoms with Crippen molar-refractivity contribution >= 4 is 38.7 Å². The first-order valence-corrected chi connectivity index (χ1v) is 10.6. The molecule has 0 heterocycles. The van der Waals surface area contributed by atoms with Crippen LogP contribution in [0, 0.1) is 27.2 Å². The highest BCUT2D eigenvalue weighted by Crippen LogP contribution is 2.28. The number of anilines is 2. The van der Waals surface area contributed by atoms with Gasteiger partial charge in [0.05, 0.1) is 27.5 Å². The molecular formula is C18H20N4O7S. The molecule has 2 aromatic rings. The van der Waals surface area contributed by atoms with Gasteiger partial charge in [-0.2, -0.15) is 0 Å². The number of carbonyl (C=O) groups is 1. The van der Waals surface area contributed by atoms with E-state index in [-0.39, 0.29) is 29.2 Å². The first-order chi connectivity index (χ1) is 14.0. The average Bonchev–Trinajstić information content (AvgIpc) is 2.66. The van der Waals surface area contributed by atoms with E-state index in [1.54, 1.807) is 13.8 Å². The van der Waals surface area contributed by atoms with E-state index in [2.05, 4.69) is 5.32 Å². The third kappa shape index (κ3) is 5.08. The number of nitrogens with zero attached hydrogens (tertiary/aromatic N) is 3. The number of rotatable bonds is 8. The van der Waals surface area contributed by atoms with Crippen molar-refractivity contribution in [3.63, 3.8) is 0 Å². The van der Waals surface area contributed by atoms with Crippen LogP contribution < -0.4 is 9.62 Å². The molecule has 0 unspecified atom stereocenters. The molecule has 0 saturated carbocycles. The van der Waals surface area contributed by atoms with E-state index >= 15 is 0 Å². The van der Waals surface area contributed by atoms with Crippen LogP contribution in [0.15, 0.2) is 42.5 Å². The summed E-state index contributed by atoms with van der Waals surface area (Å²) in [6, 6.07) is 7.63. The van der Waals surface area contributed by atoms with E-state index in [0.29, 0.717) is 5.56 Å². The monoisotopic (exact) mass is 436 g/mol.